The predicted octanol–water partition coefficient (Wildman–Crippen LogP) is 2.92. The van der Waals surface area contributed by atoms with E-state index in [1.807, 2.05) is 0 Å². The molecule has 0 N–H and O–H groups in total. The highest BCUT2D eigenvalue weighted by Crippen LogP contribution is 2.24. The van der Waals surface area contributed by atoms with E-state index in [9.17, 15) is 28.5 Å². The molecule has 7 nitrogen and oxygen atoms in total. The van der Waals surface area contributed by atoms with Crippen LogP contribution in [0, 0.1) is 21.7 Å². The number of nitrogens with zero attached hydrogens (tertiary/aromatic N) is 1. The monoisotopic (exact) mass is 351 g/mol. The lowest BCUT2D eigenvalue weighted by atomic mass is 10.1. The number of non-ortho nitro benzene ring substituents is 1. The smallest absolute Gasteiger partial charge is 0.342 e. The molecule has 0 aliphatic heterocycles. The first-order valence-corrected chi connectivity index (χ1v) is 6.81. The molecule has 0 heterocycles. The van der Waals surface area contributed by atoms with Crippen molar-refractivity contribution in [3.05, 3.63) is 69.3 Å². The van der Waals surface area contributed by atoms with Gasteiger partial charge in [0.1, 0.15) is 22.9 Å². The van der Waals surface area contributed by atoms with Gasteiger partial charge < -0.3 is 9.47 Å². The second-order valence-electron chi connectivity index (χ2n) is 4.77. The molecular formula is C16H11F2NO6. The fourth-order valence-corrected chi connectivity index (χ4v) is 1.97. The zero-order valence-corrected chi connectivity index (χ0v) is 12.8. The van der Waals surface area contributed by atoms with Gasteiger partial charge in [-0.1, -0.05) is 0 Å². The Morgan fingerprint density at radius 2 is 1.84 bits per heavy atom. The Hall–Kier alpha value is -3.36. The van der Waals surface area contributed by atoms with Crippen LogP contribution in [0.4, 0.5) is 14.5 Å². The van der Waals surface area contributed by atoms with Crippen LogP contribution in [0.3, 0.4) is 0 Å². The first-order chi connectivity index (χ1) is 11.8. The Kier molecular flexibility index (Phi) is 5.38. The molecule has 0 atom stereocenters. The van der Waals surface area contributed by atoms with Gasteiger partial charge in [-0.3, -0.25) is 14.9 Å². The van der Waals surface area contributed by atoms with E-state index in [4.69, 9.17) is 9.47 Å². The van der Waals surface area contributed by atoms with Crippen molar-refractivity contribution in [2.24, 2.45) is 0 Å². The van der Waals surface area contributed by atoms with Gasteiger partial charge in [0.25, 0.3) is 5.69 Å². The molecule has 0 fully saturated rings. The van der Waals surface area contributed by atoms with Gasteiger partial charge in [0.05, 0.1) is 17.6 Å². The van der Waals surface area contributed by atoms with Crippen molar-refractivity contribution in [2.75, 3.05) is 13.7 Å². The zero-order chi connectivity index (χ0) is 18.6. The number of rotatable bonds is 6. The van der Waals surface area contributed by atoms with Gasteiger partial charge in [-0.15, -0.1) is 0 Å². The SMILES string of the molecule is COc1ccc([N+](=O)[O-])cc1C(=O)OCC(=O)c1cc(F)ccc1F. The summed E-state index contributed by atoms with van der Waals surface area (Å²) in [6.07, 6.45) is 0. The number of halogens is 2. The number of Topliss-reactive ketones (excluding diaryl/α,β-unsaturated/α-hetero) is 1. The van der Waals surface area contributed by atoms with Crippen LogP contribution in [0.15, 0.2) is 36.4 Å². The van der Waals surface area contributed by atoms with E-state index >= 15 is 0 Å². The second kappa shape index (κ2) is 7.47. The normalized spacial score (nSPS) is 10.2. The Bertz CT molecular complexity index is 853. The Morgan fingerprint density at radius 1 is 1.12 bits per heavy atom. The molecule has 9 heteroatoms. The molecule has 2 aromatic rings. The molecule has 0 saturated carbocycles. The summed E-state index contributed by atoms with van der Waals surface area (Å²) in [7, 11) is 1.24. The largest absolute Gasteiger partial charge is 0.496 e. The number of ether oxygens (including phenoxy) is 2. The molecule has 0 aromatic heterocycles. The van der Waals surface area contributed by atoms with Crippen LogP contribution in [-0.4, -0.2) is 30.4 Å². The Labute approximate surface area is 139 Å². The number of esters is 1. The number of methoxy groups -OCH3 is 1. The van der Waals surface area contributed by atoms with Crippen molar-refractivity contribution in [3.63, 3.8) is 0 Å². The fraction of sp³-hybridized carbons (Fsp3) is 0.125. The van der Waals surface area contributed by atoms with Crippen molar-refractivity contribution in [1.82, 2.24) is 0 Å². The van der Waals surface area contributed by atoms with Crippen molar-refractivity contribution >= 4 is 17.4 Å². The van der Waals surface area contributed by atoms with Gasteiger partial charge in [0.15, 0.2) is 6.61 Å². The maximum absolute atomic E-state index is 13.5. The molecule has 130 valence electrons. The lowest BCUT2D eigenvalue weighted by Gasteiger charge is -2.08. The van der Waals surface area contributed by atoms with Crippen LogP contribution in [0.2, 0.25) is 0 Å². The summed E-state index contributed by atoms with van der Waals surface area (Å²) >= 11 is 0. The molecule has 0 spiro atoms. The number of carbonyl (C=O) groups excluding carboxylic acids is 2. The minimum atomic E-state index is -1.08. The molecule has 0 bridgehead atoms. The molecule has 0 aliphatic carbocycles. The van der Waals surface area contributed by atoms with Crippen LogP contribution in [0.1, 0.15) is 20.7 Å². The van der Waals surface area contributed by atoms with Gasteiger partial charge >= 0.3 is 5.97 Å². The number of carbonyl (C=O) groups is 2. The topological polar surface area (TPSA) is 95.7 Å². The summed E-state index contributed by atoms with van der Waals surface area (Å²) in [5.74, 6) is -3.83. The highest BCUT2D eigenvalue weighted by atomic mass is 19.1. The summed E-state index contributed by atoms with van der Waals surface area (Å²) < 4.78 is 36.2. The van der Waals surface area contributed by atoms with E-state index in [0.29, 0.717) is 6.07 Å². The van der Waals surface area contributed by atoms with E-state index in [0.717, 1.165) is 24.3 Å². The Morgan fingerprint density at radius 3 is 2.48 bits per heavy atom. The van der Waals surface area contributed by atoms with Crippen LogP contribution in [-0.2, 0) is 4.74 Å². The summed E-state index contributed by atoms with van der Waals surface area (Å²) in [5, 5.41) is 10.8. The maximum atomic E-state index is 13.5. The molecular weight excluding hydrogens is 340 g/mol. The zero-order valence-electron chi connectivity index (χ0n) is 12.8. The molecule has 0 unspecified atom stereocenters. The summed E-state index contributed by atoms with van der Waals surface area (Å²) in [6.45, 7) is -0.870. The lowest BCUT2D eigenvalue weighted by molar-refractivity contribution is -0.384. The van der Waals surface area contributed by atoms with Crippen LogP contribution < -0.4 is 4.74 Å². The predicted molar refractivity (Wildman–Crippen MR) is 80.6 cm³/mol. The molecule has 0 aliphatic rings. The Balaban J connectivity index is 2.17. The number of nitro benzene ring substituents is 1. The molecule has 0 radical (unpaired) electrons. The van der Waals surface area contributed by atoms with Gasteiger partial charge in [-0.2, -0.15) is 0 Å². The van der Waals surface area contributed by atoms with Gasteiger partial charge in [0, 0.05) is 12.1 Å². The minimum absolute atomic E-state index is 0.0000138. The van der Waals surface area contributed by atoms with Crippen molar-refractivity contribution in [1.29, 1.82) is 0 Å². The van der Waals surface area contributed by atoms with Crippen LogP contribution in [0.25, 0.3) is 0 Å². The van der Waals surface area contributed by atoms with Crippen LogP contribution >= 0.6 is 0 Å². The fourth-order valence-electron chi connectivity index (χ4n) is 1.97. The van der Waals surface area contributed by atoms with E-state index in [-0.39, 0.29) is 17.0 Å². The standard InChI is InChI=1S/C16H11F2NO6/c1-24-15-5-3-10(19(22)23)7-12(15)16(21)25-8-14(20)11-6-9(17)2-4-13(11)18/h2-7H,8H2,1H3. The highest BCUT2D eigenvalue weighted by molar-refractivity contribution is 6.00. The highest BCUT2D eigenvalue weighted by Gasteiger charge is 2.21. The van der Waals surface area contributed by atoms with E-state index in [1.54, 1.807) is 0 Å². The average Bonchev–Trinajstić information content (AvgIpc) is 2.60. The average molecular weight is 351 g/mol. The first kappa shape index (κ1) is 18.0. The van der Waals surface area contributed by atoms with E-state index < -0.39 is 40.5 Å². The lowest BCUT2D eigenvalue weighted by Crippen LogP contribution is -2.16. The number of ketones is 1. The van der Waals surface area contributed by atoms with Gasteiger partial charge in [0.2, 0.25) is 5.78 Å². The third kappa shape index (κ3) is 4.14. The summed E-state index contributed by atoms with van der Waals surface area (Å²) in [5.41, 5.74) is -1.22. The molecule has 25 heavy (non-hydrogen) atoms. The third-order valence-corrected chi connectivity index (χ3v) is 3.18. The second-order valence-corrected chi connectivity index (χ2v) is 4.77. The van der Waals surface area contributed by atoms with Gasteiger partial charge in [-0.05, 0) is 24.3 Å². The first-order valence-electron chi connectivity index (χ1n) is 6.81. The van der Waals surface area contributed by atoms with Crippen molar-refractivity contribution in [3.8, 4) is 5.75 Å². The van der Waals surface area contributed by atoms with E-state index in [2.05, 4.69) is 0 Å². The van der Waals surface area contributed by atoms with Crippen LogP contribution in [0.5, 0.6) is 5.75 Å². The minimum Gasteiger partial charge on any atom is -0.496 e. The number of hydrogen-bond donors (Lipinski definition) is 0. The number of nitro groups is 1. The molecule has 0 saturated heterocycles. The summed E-state index contributed by atoms with van der Waals surface area (Å²) in [4.78, 5) is 34.0. The molecule has 2 aromatic carbocycles. The number of hydrogen-bond acceptors (Lipinski definition) is 6. The summed E-state index contributed by atoms with van der Waals surface area (Å²) in [6, 6.07) is 5.54. The third-order valence-electron chi connectivity index (χ3n) is 3.18. The molecule has 0 amide bonds. The van der Waals surface area contributed by atoms with E-state index in [1.165, 1.54) is 13.2 Å². The molecule has 2 rings (SSSR count). The van der Waals surface area contributed by atoms with Gasteiger partial charge in [-0.25, -0.2) is 13.6 Å². The van der Waals surface area contributed by atoms with Crippen molar-refractivity contribution in [2.45, 2.75) is 0 Å². The van der Waals surface area contributed by atoms with Crippen molar-refractivity contribution < 1.29 is 32.8 Å². The maximum Gasteiger partial charge on any atom is 0.342 e. The number of benzene rings is 2. The quantitative estimate of drug-likeness (QED) is 0.344.